The summed E-state index contributed by atoms with van der Waals surface area (Å²) < 4.78 is 5.99. The molecule has 2 atom stereocenters. The lowest BCUT2D eigenvalue weighted by molar-refractivity contribution is -0.122. The number of primary amides is 1. The van der Waals surface area contributed by atoms with Crippen LogP contribution in [0, 0.1) is 24.7 Å². The zero-order valence-corrected chi connectivity index (χ0v) is 18.6. The molecule has 0 spiro atoms. The van der Waals surface area contributed by atoms with Gasteiger partial charge >= 0.3 is 0 Å². The molecule has 34 heavy (non-hydrogen) atoms. The maximum atomic E-state index is 11.9. The van der Waals surface area contributed by atoms with E-state index in [0.717, 1.165) is 46.0 Å². The van der Waals surface area contributed by atoms with Crippen molar-refractivity contribution in [2.45, 2.75) is 6.92 Å². The maximum absolute atomic E-state index is 11.9. The van der Waals surface area contributed by atoms with Gasteiger partial charge in [-0.1, -0.05) is 18.2 Å². The number of amides is 1. The van der Waals surface area contributed by atoms with Crippen molar-refractivity contribution >= 4 is 34.1 Å². The fraction of sp³-hybridized carbons (Fsp3) is 0.192. The predicted molar refractivity (Wildman–Crippen MR) is 130 cm³/mol. The summed E-state index contributed by atoms with van der Waals surface area (Å²) in [4.78, 5) is 27.4. The summed E-state index contributed by atoms with van der Waals surface area (Å²) in [6.07, 6.45) is 5.30. The second-order valence-corrected chi connectivity index (χ2v) is 8.86. The van der Waals surface area contributed by atoms with Gasteiger partial charge in [-0.15, -0.1) is 0 Å². The van der Waals surface area contributed by atoms with Gasteiger partial charge in [0.05, 0.1) is 17.1 Å². The highest BCUT2D eigenvalue weighted by Crippen LogP contribution is 2.57. The summed E-state index contributed by atoms with van der Waals surface area (Å²) in [6, 6.07) is 17.6. The third-order valence-corrected chi connectivity index (χ3v) is 6.62. The van der Waals surface area contributed by atoms with Crippen LogP contribution in [0.2, 0.25) is 0 Å². The number of nitrogens with zero attached hydrogens (tertiary/aromatic N) is 4. The van der Waals surface area contributed by atoms with Gasteiger partial charge in [0.2, 0.25) is 5.91 Å². The van der Waals surface area contributed by atoms with Gasteiger partial charge in [-0.2, -0.15) is 0 Å². The number of aromatic nitrogens is 3. The number of nitrogens with one attached hydrogen (secondary N) is 1. The molecular weight excluding hydrogens is 428 g/mol. The molecule has 2 aromatic heterocycles. The van der Waals surface area contributed by atoms with Crippen LogP contribution in [0.5, 0.6) is 11.5 Å². The minimum atomic E-state index is -0.508. The van der Waals surface area contributed by atoms with Crippen molar-refractivity contribution in [1.82, 2.24) is 15.0 Å². The van der Waals surface area contributed by atoms with E-state index in [1.165, 1.54) is 6.33 Å². The summed E-state index contributed by atoms with van der Waals surface area (Å²) >= 11 is 0. The first-order valence-electron chi connectivity index (χ1n) is 11.1. The SMILES string of the molecule is Cc1cc(Nc2ncnc3cnc(N4CC5[CH]C5(C(N)=O)C4)cc23)ccc1Oc1ccccc1. The van der Waals surface area contributed by atoms with Crippen LogP contribution in [0.3, 0.4) is 0 Å². The molecule has 3 heterocycles. The molecule has 1 radical (unpaired) electrons. The van der Waals surface area contributed by atoms with Gasteiger partial charge in [-0.3, -0.25) is 4.79 Å². The third kappa shape index (κ3) is 3.48. The molecule has 2 unspecified atom stereocenters. The lowest BCUT2D eigenvalue weighted by Gasteiger charge is -2.21. The Kier molecular flexibility index (Phi) is 4.62. The number of hydrogen-bond donors (Lipinski definition) is 2. The fourth-order valence-corrected chi connectivity index (χ4v) is 4.65. The number of ether oxygens (including phenoxy) is 1. The van der Waals surface area contributed by atoms with E-state index in [1.54, 1.807) is 6.20 Å². The number of hydrogen-bond acceptors (Lipinski definition) is 7. The topological polar surface area (TPSA) is 106 Å². The first-order valence-corrected chi connectivity index (χ1v) is 11.1. The zero-order chi connectivity index (χ0) is 23.3. The van der Waals surface area contributed by atoms with Crippen LogP contribution >= 0.6 is 0 Å². The van der Waals surface area contributed by atoms with E-state index in [2.05, 4.69) is 25.2 Å². The number of nitrogens with two attached hydrogens (primary N) is 1. The number of aryl methyl sites for hydroxylation is 1. The molecule has 169 valence electrons. The number of benzene rings is 2. The predicted octanol–water partition coefficient (Wildman–Crippen LogP) is 3.99. The van der Waals surface area contributed by atoms with Gasteiger partial charge in [0.25, 0.3) is 0 Å². The number of anilines is 3. The number of pyridine rings is 1. The molecule has 3 N–H and O–H groups in total. The normalized spacial score (nSPS) is 20.7. The molecule has 2 fully saturated rings. The second kappa shape index (κ2) is 7.69. The highest BCUT2D eigenvalue weighted by atomic mass is 16.5. The van der Waals surface area contributed by atoms with Crippen molar-refractivity contribution in [2.24, 2.45) is 17.1 Å². The highest BCUT2D eigenvalue weighted by Gasteiger charge is 2.64. The van der Waals surface area contributed by atoms with E-state index < -0.39 is 5.41 Å². The number of rotatable bonds is 6. The molecular formula is C26H23N6O2. The van der Waals surface area contributed by atoms with E-state index in [0.29, 0.717) is 12.4 Å². The van der Waals surface area contributed by atoms with Gasteiger partial charge in [0, 0.05) is 24.2 Å². The van der Waals surface area contributed by atoms with Crippen molar-refractivity contribution < 1.29 is 9.53 Å². The van der Waals surface area contributed by atoms with E-state index in [-0.39, 0.29) is 11.8 Å². The summed E-state index contributed by atoms with van der Waals surface area (Å²) in [6.45, 7) is 3.30. The molecule has 0 bridgehead atoms. The third-order valence-electron chi connectivity index (χ3n) is 6.62. The van der Waals surface area contributed by atoms with Gasteiger partial charge in [0.1, 0.15) is 29.5 Å². The number of carbonyl (C=O) groups is 1. The largest absolute Gasteiger partial charge is 0.457 e. The highest BCUT2D eigenvalue weighted by molar-refractivity contribution is 5.93. The van der Waals surface area contributed by atoms with Gasteiger partial charge < -0.3 is 20.7 Å². The van der Waals surface area contributed by atoms with Crippen molar-refractivity contribution in [3.8, 4) is 11.5 Å². The molecule has 1 aliphatic heterocycles. The Morgan fingerprint density at radius 3 is 2.76 bits per heavy atom. The monoisotopic (exact) mass is 451 g/mol. The van der Waals surface area contributed by atoms with Crippen LogP contribution in [0.4, 0.5) is 17.3 Å². The summed E-state index contributed by atoms with van der Waals surface area (Å²) in [5.74, 6) is 3.00. The van der Waals surface area contributed by atoms with E-state index in [9.17, 15) is 4.79 Å². The molecule has 1 saturated carbocycles. The smallest absolute Gasteiger partial charge is 0.226 e. The van der Waals surface area contributed by atoms with Gasteiger partial charge in [-0.05, 0) is 61.2 Å². The minimum absolute atomic E-state index is 0.201. The quantitative estimate of drug-likeness (QED) is 0.456. The molecule has 8 nitrogen and oxygen atoms in total. The Morgan fingerprint density at radius 2 is 2.00 bits per heavy atom. The van der Waals surface area contributed by atoms with Crippen LogP contribution < -0.4 is 20.7 Å². The van der Waals surface area contributed by atoms with E-state index >= 15 is 0 Å². The van der Waals surface area contributed by atoms with E-state index in [4.69, 9.17) is 10.5 Å². The Bertz CT molecular complexity index is 1410. The van der Waals surface area contributed by atoms with Gasteiger partial charge in [0.15, 0.2) is 0 Å². The number of para-hydroxylation sites is 1. The first-order chi connectivity index (χ1) is 16.5. The molecule has 8 heteroatoms. The van der Waals surface area contributed by atoms with Crippen LogP contribution in [0.1, 0.15) is 5.56 Å². The average Bonchev–Trinajstić information content (AvgIpc) is 3.42. The molecule has 2 aromatic carbocycles. The first kappa shape index (κ1) is 20.4. The molecule has 1 aliphatic carbocycles. The van der Waals surface area contributed by atoms with Crippen molar-refractivity contribution in [1.29, 1.82) is 0 Å². The molecule has 1 saturated heterocycles. The standard InChI is InChI=1S/C26H23N6O2/c1-16-9-18(7-8-22(16)34-19-5-3-2-4-6-19)31-24-20-10-23(28-12-21(20)29-15-30-24)32-13-17-11-26(17,14-32)25(27)33/h2-12,15,17H,13-14H2,1H3,(H2,27,33)(H,29,30,31). The van der Waals surface area contributed by atoms with Crippen molar-refractivity contribution in [2.75, 3.05) is 23.3 Å². The van der Waals surface area contributed by atoms with Crippen LogP contribution in [-0.2, 0) is 4.79 Å². The van der Waals surface area contributed by atoms with Crippen LogP contribution in [0.15, 0.2) is 67.1 Å². The molecule has 4 aromatic rings. The minimum Gasteiger partial charge on any atom is -0.457 e. The Balaban J connectivity index is 1.26. The summed E-state index contributed by atoms with van der Waals surface area (Å²) in [5.41, 5.74) is 7.74. The van der Waals surface area contributed by atoms with Crippen molar-refractivity contribution in [3.05, 3.63) is 79.1 Å². The molecule has 2 aliphatic rings. The fourth-order valence-electron chi connectivity index (χ4n) is 4.65. The van der Waals surface area contributed by atoms with E-state index in [1.807, 2.05) is 67.9 Å². The number of piperidine rings is 1. The Labute approximate surface area is 196 Å². The molecule has 6 rings (SSSR count). The zero-order valence-electron chi connectivity index (χ0n) is 18.6. The van der Waals surface area contributed by atoms with Crippen LogP contribution in [-0.4, -0.2) is 33.9 Å². The summed E-state index contributed by atoms with van der Waals surface area (Å²) in [7, 11) is 0. The average molecular weight is 452 g/mol. The Hall–Kier alpha value is -4.20. The summed E-state index contributed by atoms with van der Waals surface area (Å²) in [5, 5.41) is 4.26. The number of fused-ring (bicyclic) bond motifs is 2. The lowest BCUT2D eigenvalue weighted by atomic mass is 10.1. The Morgan fingerprint density at radius 1 is 1.15 bits per heavy atom. The van der Waals surface area contributed by atoms with Crippen LogP contribution in [0.25, 0.3) is 10.9 Å². The number of carbonyl (C=O) groups excluding carboxylic acids is 1. The molecule has 1 amide bonds. The van der Waals surface area contributed by atoms with Crippen molar-refractivity contribution in [3.63, 3.8) is 0 Å². The second-order valence-electron chi connectivity index (χ2n) is 8.86. The van der Waals surface area contributed by atoms with Gasteiger partial charge in [-0.25, -0.2) is 15.0 Å². The lowest BCUT2D eigenvalue weighted by Crippen LogP contribution is -2.33. The maximum Gasteiger partial charge on any atom is 0.226 e.